The van der Waals surface area contributed by atoms with Crippen molar-refractivity contribution in [2.24, 2.45) is 0 Å². The molecule has 7 nitrogen and oxygen atoms in total. The van der Waals surface area contributed by atoms with Crippen molar-refractivity contribution >= 4 is 28.2 Å². The van der Waals surface area contributed by atoms with E-state index < -0.39 is 0 Å². The topological polar surface area (TPSA) is 82.1 Å². The summed E-state index contributed by atoms with van der Waals surface area (Å²) in [6, 6.07) is 11.6. The highest BCUT2D eigenvalue weighted by Gasteiger charge is 2.08. The predicted octanol–water partition coefficient (Wildman–Crippen LogP) is 1.50. The minimum absolute atomic E-state index is 0.0605. The van der Waals surface area contributed by atoms with Crippen LogP contribution in [0.5, 0.6) is 0 Å². The fourth-order valence-corrected chi connectivity index (χ4v) is 2.65. The van der Waals surface area contributed by atoms with Crippen molar-refractivity contribution in [2.75, 3.05) is 0 Å². The summed E-state index contributed by atoms with van der Waals surface area (Å²) in [5.74, 6) is 0. The predicted molar refractivity (Wildman–Crippen MR) is 89.4 cm³/mol. The average molecular weight is 340 g/mol. The zero-order valence-electron chi connectivity index (χ0n) is 12.3. The number of aromatic nitrogens is 5. The lowest BCUT2D eigenvalue weighted by Crippen LogP contribution is -2.26. The van der Waals surface area contributed by atoms with E-state index in [2.05, 4.69) is 15.3 Å². The molecule has 1 aromatic carbocycles. The van der Waals surface area contributed by atoms with E-state index in [1.165, 1.54) is 21.3 Å². The molecule has 0 spiro atoms. The lowest BCUT2D eigenvalue weighted by Gasteiger charge is -2.06. The van der Waals surface area contributed by atoms with Crippen LogP contribution in [0.2, 0.25) is 5.02 Å². The van der Waals surface area contributed by atoms with E-state index in [9.17, 15) is 9.59 Å². The Kier molecular flexibility index (Phi) is 3.35. The van der Waals surface area contributed by atoms with Gasteiger partial charge in [0.05, 0.1) is 22.6 Å². The van der Waals surface area contributed by atoms with E-state index in [0.29, 0.717) is 27.3 Å². The fraction of sp³-hybridized carbons (Fsp3) is 0.0625. The van der Waals surface area contributed by atoms with E-state index in [1.807, 2.05) is 0 Å². The summed E-state index contributed by atoms with van der Waals surface area (Å²) in [6.07, 6.45) is 1.50. The van der Waals surface area contributed by atoms with Gasteiger partial charge in [-0.2, -0.15) is 0 Å². The van der Waals surface area contributed by atoms with Crippen LogP contribution in [-0.2, 0) is 6.54 Å². The molecule has 0 saturated carbocycles. The molecule has 0 aliphatic carbocycles. The van der Waals surface area contributed by atoms with Crippen molar-refractivity contribution in [3.05, 3.63) is 80.1 Å². The number of halogens is 1. The smallest absolute Gasteiger partial charge is 0.269 e. The fourth-order valence-electron chi connectivity index (χ4n) is 2.49. The highest BCUT2D eigenvalue weighted by atomic mass is 35.5. The molecule has 0 atom stereocenters. The van der Waals surface area contributed by atoms with Crippen molar-refractivity contribution in [1.82, 2.24) is 24.4 Å². The molecule has 3 heterocycles. The van der Waals surface area contributed by atoms with Gasteiger partial charge < -0.3 is 0 Å². The first-order valence-corrected chi connectivity index (χ1v) is 7.50. The van der Waals surface area contributed by atoms with Crippen molar-refractivity contribution in [2.45, 2.75) is 6.54 Å². The Labute approximate surface area is 139 Å². The van der Waals surface area contributed by atoms with Crippen LogP contribution >= 0.6 is 11.6 Å². The molecular formula is C16H10ClN5O2. The molecule has 0 aliphatic heterocycles. The van der Waals surface area contributed by atoms with Crippen LogP contribution in [0, 0.1) is 0 Å². The normalized spacial score (nSPS) is 11.2. The second kappa shape index (κ2) is 5.54. The molecular weight excluding hydrogens is 330 g/mol. The number of pyridine rings is 1. The summed E-state index contributed by atoms with van der Waals surface area (Å²) in [6.45, 7) is 0.0605. The van der Waals surface area contributed by atoms with E-state index in [-0.39, 0.29) is 17.7 Å². The monoisotopic (exact) mass is 339 g/mol. The number of hydrogen-bond acceptors (Lipinski definition) is 5. The third-order valence-electron chi connectivity index (χ3n) is 3.62. The van der Waals surface area contributed by atoms with Gasteiger partial charge in [-0.1, -0.05) is 28.9 Å². The van der Waals surface area contributed by atoms with E-state index in [0.717, 1.165) is 0 Å². The number of fused-ring (bicyclic) bond motifs is 2. The molecule has 0 saturated heterocycles. The number of hydrogen-bond donors (Lipinski definition) is 0. The minimum Gasteiger partial charge on any atom is -0.269 e. The molecule has 0 fully saturated rings. The van der Waals surface area contributed by atoms with Gasteiger partial charge in [0.25, 0.3) is 11.1 Å². The molecule has 118 valence electrons. The number of benzene rings is 1. The highest BCUT2D eigenvalue weighted by molar-refractivity contribution is 6.30. The van der Waals surface area contributed by atoms with Gasteiger partial charge in [-0.25, -0.2) is 9.67 Å². The molecule has 0 unspecified atom stereocenters. The van der Waals surface area contributed by atoms with Crippen molar-refractivity contribution in [3.8, 4) is 0 Å². The summed E-state index contributed by atoms with van der Waals surface area (Å²) in [7, 11) is 0. The molecule has 0 amide bonds. The van der Waals surface area contributed by atoms with Crippen LogP contribution in [0.1, 0.15) is 5.69 Å². The Hall–Kier alpha value is -3.06. The van der Waals surface area contributed by atoms with E-state index in [1.54, 1.807) is 36.4 Å². The van der Waals surface area contributed by atoms with Crippen LogP contribution in [-0.4, -0.2) is 24.4 Å². The quantitative estimate of drug-likeness (QED) is 0.553. The largest absolute Gasteiger partial charge is 0.277 e. The van der Waals surface area contributed by atoms with Crippen LogP contribution in [0.3, 0.4) is 0 Å². The first kappa shape index (κ1) is 14.5. The van der Waals surface area contributed by atoms with Crippen molar-refractivity contribution < 1.29 is 0 Å². The molecule has 0 radical (unpaired) electrons. The molecule has 0 N–H and O–H groups in total. The lowest BCUT2D eigenvalue weighted by molar-refractivity contribution is 0.591. The Bertz CT molecular complexity index is 1200. The Balaban J connectivity index is 1.82. The van der Waals surface area contributed by atoms with E-state index >= 15 is 0 Å². The Morgan fingerprint density at radius 1 is 1.08 bits per heavy atom. The minimum atomic E-state index is -0.279. The first-order chi connectivity index (χ1) is 11.6. The second-order valence-corrected chi connectivity index (χ2v) is 5.67. The summed E-state index contributed by atoms with van der Waals surface area (Å²) >= 11 is 5.89. The van der Waals surface area contributed by atoms with Gasteiger partial charge in [0.2, 0.25) is 0 Å². The van der Waals surface area contributed by atoms with Gasteiger partial charge in [0.1, 0.15) is 11.2 Å². The molecule has 24 heavy (non-hydrogen) atoms. The molecule has 4 rings (SSSR count). The zero-order valence-corrected chi connectivity index (χ0v) is 13.0. The zero-order chi connectivity index (χ0) is 16.7. The van der Waals surface area contributed by atoms with Gasteiger partial charge >= 0.3 is 0 Å². The molecule has 3 aromatic heterocycles. The molecule has 0 aliphatic rings. The van der Waals surface area contributed by atoms with Crippen LogP contribution in [0.25, 0.3) is 16.6 Å². The number of rotatable bonds is 2. The van der Waals surface area contributed by atoms with Gasteiger partial charge in [-0.3, -0.25) is 14.0 Å². The van der Waals surface area contributed by atoms with Crippen molar-refractivity contribution in [3.63, 3.8) is 0 Å². The van der Waals surface area contributed by atoms with Gasteiger partial charge in [-0.05, 0) is 24.3 Å². The maximum absolute atomic E-state index is 12.5. The van der Waals surface area contributed by atoms with Crippen LogP contribution in [0.4, 0.5) is 0 Å². The van der Waals surface area contributed by atoms with Gasteiger partial charge in [0, 0.05) is 12.3 Å². The molecule has 4 aromatic rings. The lowest BCUT2D eigenvalue weighted by atomic mass is 10.2. The highest BCUT2D eigenvalue weighted by Crippen LogP contribution is 2.09. The first-order valence-electron chi connectivity index (χ1n) is 7.12. The molecule has 8 heteroatoms. The summed E-state index contributed by atoms with van der Waals surface area (Å²) in [4.78, 5) is 29.0. The SMILES string of the molecule is O=c1c2ccccc2nnn1Cc1cc(=O)n2cc(Cl)ccc2n1. The van der Waals surface area contributed by atoms with Gasteiger partial charge in [0.15, 0.2) is 0 Å². The standard InChI is InChI=1S/C16H10ClN5O2/c17-10-5-6-14-18-11(7-15(23)21(14)8-10)9-22-16(24)12-3-1-2-4-13(12)19-20-22/h1-8H,9H2. The summed E-state index contributed by atoms with van der Waals surface area (Å²) < 4.78 is 2.54. The summed E-state index contributed by atoms with van der Waals surface area (Å²) in [5, 5.41) is 8.84. The third-order valence-corrected chi connectivity index (χ3v) is 3.84. The molecule has 0 bridgehead atoms. The Morgan fingerprint density at radius 2 is 1.92 bits per heavy atom. The average Bonchev–Trinajstić information content (AvgIpc) is 2.58. The van der Waals surface area contributed by atoms with Crippen molar-refractivity contribution in [1.29, 1.82) is 0 Å². The van der Waals surface area contributed by atoms with Gasteiger partial charge in [-0.15, -0.1) is 5.10 Å². The summed E-state index contributed by atoms with van der Waals surface area (Å²) in [5.41, 5.74) is 0.843. The second-order valence-electron chi connectivity index (χ2n) is 5.23. The Morgan fingerprint density at radius 3 is 2.79 bits per heavy atom. The maximum Gasteiger partial charge on any atom is 0.277 e. The maximum atomic E-state index is 12.5. The third kappa shape index (κ3) is 2.44. The van der Waals surface area contributed by atoms with Crippen LogP contribution in [0.15, 0.2) is 58.3 Å². The number of nitrogens with zero attached hydrogens (tertiary/aromatic N) is 5. The van der Waals surface area contributed by atoms with Crippen LogP contribution < -0.4 is 11.1 Å². The van der Waals surface area contributed by atoms with E-state index in [4.69, 9.17) is 11.6 Å².